The van der Waals surface area contributed by atoms with Crippen molar-refractivity contribution in [2.24, 2.45) is 0 Å². The van der Waals surface area contributed by atoms with Crippen LogP contribution in [0.1, 0.15) is 0 Å². The molecule has 4 nitrogen and oxygen atoms in total. The molecule has 0 bridgehead atoms. The Kier molecular flexibility index (Phi) is 25.5. The van der Waals surface area contributed by atoms with Crippen molar-refractivity contribution < 1.29 is 23.9 Å². The summed E-state index contributed by atoms with van der Waals surface area (Å²) in [5.74, 6) is 0. The van der Waals surface area contributed by atoms with E-state index in [0.717, 1.165) is 0 Å². The van der Waals surface area contributed by atoms with E-state index in [0.29, 0.717) is 0 Å². The van der Waals surface area contributed by atoms with E-state index in [2.05, 4.69) is 0 Å². The molecule has 0 fully saturated rings. The van der Waals surface area contributed by atoms with Crippen molar-refractivity contribution in [1.82, 2.24) is 0 Å². The van der Waals surface area contributed by atoms with Gasteiger partial charge in [-0.15, -0.1) is 0 Å². The Hall–Kier alpha value is 2.07. The maximum Gasteiger partial charge on any atom is 2.00 e. The van der Waals surface area contributed by atoms with Gasteiger partial charge in [0, 0.05) is 0 Å². The molecule has 0 spiro atoms. The molecule has 0 rings (SSSR count). The summed E-state index contributed by atoms with van der Waals surface area (Å²) in [6.07, 6.45) is 0. The second-order valence-corrected chi connectivity index (χ2v) is 1.34. The van der Waals surface area contributed by atoms with Gasteiger partial charge in [0.25, 0.3) is 0 Å². The Morgan fingerprint density at radius 1 is 1.12 bits per heavy atom. The zero-order valence-corrected chi connectivity index (χ0v) is 8.39. The minimum Gasteiger partial charge on any atom is -1.00 e. The van der Waals surface area contributed by atoms with E-state index >= 15 is 0 Å². The molecule has 0 saturated carbocycles. The maximum atomic E-state index is 8.55. The number of phosphoric acid groups is 1. The standard InChI is InChI=1S/Ca.FH.Mg.H3O4P/c;;;1-5(2,3)4/h;1H;;(H3,1,2,3,4)/q+2;;+2;/p-4. The Balaban J connectivity index is -0.0000000267. The molecule has 0 unspecified atom stereocenters. The molecule has 0 atom stereocenters. The molecular formula is CaFMgO4P. The fourth-order valence-corrected chi connectivity index (χ4v) is 0. The zero-order chi connectivity index (χ0) is 4.50. The summed E-state index contributed by atoms with van der Waals surface area (Å²) in [6, 6.07) is 0. The third-order valence-corrected chi connectivity index (χ3v) is 0. The van der Waals surface area contributed by atoms with Crippen molar-refractivity contribution >= 4 is 68.6 Å². The smallest absolute Gasteiger partial charge is 1.00 e. The minimum absolute atomic E-state index is 0. The molecule has 0 aromatic carbocycles. The van der Waals surface area contributed by atoms with Gasteiger partial charge in [0.05, 0.1) is 0 Å². The van der Waals surface area contributed by atoms with Crippen molar-refractivity contribution in [2.75, 3.05) is 0 Å². The molecule has 0 aromatic rings. The van der Waals surface area contributed by atoms with Crippen LogP contribution in [0.4, 0.5) is 0 Å². The first-order chi connectivity index (χ1) is 2.00. The van der Waals surface area contributed by atoms with Crippen molar-refractivity contribution in [3.8, 4) is 0 Å². The normalized spacial score (nSPS) is 7.38. The maximum absolute atomic E-state index is 8.55. The Bertz CT molecular complexity index is 62.2. The number of hydrogen-bond donors (Lipinski definition) is 0. The third-order valence-electron chi connectivity index (χ3n) is 0. The summed E-state index contributed by atoms with van der Waals surface area (Å²) in [5, 5.41) is 0. The topological polar surface area (TPSA) is 86.2 Å². The summed E-state index contributed by atoms with van der Waals surface area (Å²) < 4.78 is 8.55. The van der Waals surface area contributed by atoms with Gasteiger partial charge in [0.15, 0.2) is 0 Å². The average Bonchev–Trinajstić information content (AvgIpc) is 0.722. The molecule has 0 aliphatic rings. The quantitative estimate of drug-likeness (QED) is 0.273. The van der Waals surface area contributed by atoms with Crippen LogP contribution < -0.4 is 19.4 Å². The van der Waals surface area contributed by atoms with E-state index in [-0.39, 0.29) is 65.5 Å². The van der Waals surface area contributed by atoms with E-state index < -0.39 is 7.82 Å². The molecule has 0 aliphatic carbocycles. The fraction of sp³-hybridized carbons (Fsp3) is 0. The first-order valence-electron chi connectivity index (χ1n) is 0.730. The first kappa shape index (κ1) is 22.5. The van der Waals surface area contributed by atoms with Gasteiger partial charge in [-0.3, -0.25) is 0 Å². The van der Waals surface area contributed by atoms with E-state index in [4.69, 9.17) is 19.2 Å². The molecule has 0 amide bonds. The van der Waals surface area contributed by atoms with Crippen molar-refractivity contribution in [2.45, 2.75) is 0 Å². The second-order valence-electron chi connectivity index (χ2n) is 0.447. The molecule has 8 heavy (non-hydrogen) atoms. The van der Waals surface area contributed by atoms with Crippen LogP contribution in [0.25, 0.3) is 0 Å². The van der Waals surface area contributed by atoms with Crippen LogP contribution in [0, 0.1) is 0 Å². The predicted octanol–water partition coefficient (Wildman–Crippen LogP) is -6.58. The molecule has 8 heteroatoms. The summed E-state index contributed by atoms with van der Waals surface area (Å²) in [6.45, 7) is 0. The molecule has 40 valence electrons. The molecular weight excluding hydrogens is 178 g/mol. The van der Waals surface area contributed by atoms with Crippen LogP contribution in [0.3, 0.4) is 0 Å². The van der Waals surface area contributed by atoms with Crippen molar-refractivity contribution in [3.63, 3.8) is 0 Å². The van der Waals surface area contributed by atoms with Gasteiger partial charge in [-0.05, 0) is 0 Å². The number of halogens is 1. The van der Waals surface area contributed by atoms with Crippen LogP contribution in [-0.2, 0) is 4.57 Å². The van der Waals surface area contributed by atoms with Crippen molar-refractivity contribution in [1.29, 1.82) is 0 Å². The molecule has 0 radical (unpaired) electrons. The molecule has 0 N–H and O–H groups in total. The SMILES string of the molecule is O=P([O-])([O-])[O-].[Ca+2].[F-].[Mg+2]. The van der Waals surface area contributed by atoms with E-state index in [1.165, 1.54) is 0 Å². The van der Waals surface area contributed by atoms with Gasteiger partial charge in [-0.25, -0.2) is 0 Å². The summed E-state index contributed by atoms with van der Waals surface area (Å²) in [4.78, 5) is 25.6. The largest absolute Gasteiger partial charge is 2.00 e. The molecule has 0 heterocycles. The molecule has 0 aliphatic heterocycles. The van der Waals surface area contributed by atoms with Gasteiger partial charge in [-0.1, -0.05) is 0 Å². The first-order valence-corrected chi connectivity index (χ1v) is 2.19. The zero-order valence-electron chi connectivity index (χ0n) is 3.87. The second kappa shape index (κ2) is 9.07. The Labute approximate surface area is 91.4 Å². The minimum atomic E-state index is -5.39. The Morgan fingerprint density at radius 3 is 1.12 bits per heavy atom. The number of rotatable bonds is 0. The number of hydrogen-bond acceptors (Lipinski definition) is 4. The van der Waals surface area contributed by atoms with Crippen LogP contribution in [0.15, 0.2) is 0 Å². The monoisotopic (exact) mass is 178 g/mol. The summed E-state index contributed by atoms with van der Waals surface area (Å²) in [5.41, 5.74) is 0. The van der Waals surface area contributed by atoms with Gasteiger partial charge in [-0.2, -0.15) is 7.82 Å². The van der Waals surface area contributed by atoms with Gasteiger partial charge >= 0.3 is 60.8 Å². The van der Waals surface area contributed by atoms with Gasteiger partial charge < -0.3 is 23.9 Å². The van der Waals surface area contributed by atoms with E-state index in [1.54, 1.807) is 0 Å². The van der Waals surface area contributed by atoms with Crippen molar-refractivity contribution in [3.05, 3.63) is 0 Å². The van der Waals surface area contributed by atoms with Crippen LogP contribution in [0.2, 0.25) is 0 Å². The molecule has 0 saturated heterocycles. The predicted molar refractivity (Wildman–Crippen MR) is 19.1 cm³/mol. The van der Waals surface area contributed by atoms with Gasteiger partial charge in [0.1, 0.15) is 0 Å². The van der Waals surface area contributed by atoms with E-state index in [1.807, 2.05) is 0 Å². The molecule has 0 aromatic heterocycles. The van der Waals surface area contributed by atoms with Crippen LogP contribution in [-0.4, -0.2) is 60.8 Å². The third kappa shape index (κ3) is 94.4. The fourth-order valence-electron chi connectivity index (χ4n) is 0. The summed E-state index contributed by atoms with van der Waals surface area (Å²) >= 11 is 0. The van der Waals surface area contributed by atoms with Crippen LogP contribution >= 0.6 is 7.82 Å². The Morgan fingerprint density at radius 2 is 1.12 bits per heavy atom. The van der Waals surface area contributed by atoms with Crippen LogP contribution in [0.5, 0.6) is 0 Å². The average molecular weight is 178 g/mol. The van der Waals surface area contributed by atoms with E-state index in [9.17, 15) is 0 Å². The van der Waals surface area contributed by atoms with Gasteiger partial charge in [0.2, 0.25) is 0 Å². The summed E-state index contributed by atoms with van der Waals surface area (Å²) in [7, 11) is -5.39.